The van der Waals surface area contributed by atoms with E-state index >= 15 is 0 Å². The fourth-order valence-corrected chi connectivity index (χ4v) is 2.23. The van der Waals surface area contributed by atoms with Crippen molar-refractivity contribution in [1.29, 1.82) is 0 Å². The summed E-state index contributed by atoms with van der Waals surface area (Å²) in [5, 5.41) is 13.5. The summed E-state index contributed by atoms with van der Waals surface area (Å²) < 4.78 is 5.17. The first-order chi connectivity index (χ1) is 10.6. The zero-order valence-electron chi connectivity index (χ0n) is 13.4. The van der Waals surface area contributed by atoms with Crippen molar-refractivity contribution in [2.75, 3.05) is 32.6 Å². The summed E-state index contributed by atoms with van der Waals surface area (Å²) in [6.45, 7) is 1.23. The van der Waals surface area contributed by atoms with Crippen LogP contribution in [0, 0.1) is 0 Å². The molecule has 4 nitrogen and oxygen atoms in total. The standard InChI is InChI=1S/C18H24N2O2/c1-20(2)16-9-7-14(8-10-16)12-19-13-18(21)15-5-4-6-17(11-15)22-3/h4-11,18-19,21H,12-13H2,1-3H3. The average molecular weight is 300 g/mol. The molecule has 0 aliphatic rings. The highest BCUT2D eigenvalue weighted by molar-refractivity contribution is 5.45. The van der Waals surface area contributed by atoms with E-state index in [-0.39, 0.29) is 0 Å². The normalized spacial score (nSPS) is 12.0. The smallest absolute Gasteiger partial charge is 0.119 e. The third kappa shape index (κ3) is 4.48. The molecule has 4 heteroatoms. The van der Waals surface area contributed by atoms with E-state index in [0.717, 1.165) is 17.9 Å². The van der Waals surface area contributed by atoms with Crippen LogP contribution in [0.25, 0.3) is 0 Å². The van der Waals surface area contributed by atoms with Crippen LogP contribution in [-0.2, 0) is 6.54 Å². The molecule has 22 heavy (non-hydrogen) atoms. The number of methoxy groups -OCH3 is 1. The van der Waals surface area contributed by atoms with E-state index in [1.165, 1.54) is 11.3 Å². The molecule has 2 rings (SSSR count). The summed E-state index contributed by atoms with van der Waals surface area (Å²) >= 11 is 0. The lowest BCUT2D eigenvalue weighted by Crippen LogP contribution is -2.21. The largest absolute Gasteiger partial charge is 0.497 e. The maximum absolute atomic E-state index is 10.2. The van der Waals surface area contributed by atoms with Gasteiger partial charge in [0.2, 0.25) is 0 Å². The molecule has 2 N–H and O–H groups in total. The van der Waals surface area contributed by atoms with Crippen LogP contribution in [0.15, 0.2) is 48.5 Å². The van der Waals surface area contributed by atoms with Crippen molar-refractivity contribution in [3.63, 3.8) is 0 Å². The second-order valence-corrected chi connectivity index (χ2v) is 5.48. The molecule has 118 valence electrons. The minimum absolute atomic E-state index is 0.503. The van der Waals surface area contributed by atoms with Gasteiger partial charge in [-0.15, -0.1) is 0 Å². The van der Waals surface area contributed by atoms with Gasteiger partial charge in [-0.1, -0.05) is 24.3 Å². The zero-order valence-corrected chi connectivity index (χ0v) is 13.4. The Kier molecular flexibility index (Phi) is 5.81. The highest BCUT2D eigenvalue weighted by Crippen LogP contribution is 2.18. The molecule has 1 unspecified atom stereocenters. The number of aliphatic hydroxyl groups excluding tert-OH is 1. The summed E-state index contributed by atoms with van der Waals surface area (Å²) in [6, 6.07) is 15.9. The molecule has 0 saturated carbocycles. The summed E-state index contributed by atoms with van der Waals surface area (Å²) in [6.07, 6.45) is -0.545. The number of nitrogens with zero attached hydrogens (tertiary/aromatic N) is 1. The lowest BCUT2D eigenvalue weighted by Gasteiger charge is -2.15. The molecule has 2 aromatic carbocycles. The molecule has 2 aromatic rings. The van der Waals surface area contributed by atoms with Crippen LogP contribution in [0.3, 0.4) is 0 Å². The molecule has 0 amide bonds. The first-order valence-corrected chi connectivity index (χ1v) is 7.39. The molecule has 1 atom stereocenters. The third-order valence-electron chi connectivity index (χ3n) is 3.60. The van der Waals surface area contributed by atoms with E-state index in [9.17, 15) is 5.11 Å². The highest BCUT2D eigenvalue weighted by atomic mass is 16.5. The van der Waals surface area contributed by atoms with E-state index in [2.05, 4.69) is 34.5 Å². The fraction of sp³-hybridized carbons (Fsp3) is 0.333. The van der Waals surface area contributed by atoms with Crippen LogP contribution < -0.4 is 15.0 Å². The van der Waals surface area contributed by atoms with Gasteiger partial charge in [0.15, 0.2) is 0 Å². The maximum Gasteiger partial charge on any atom is 0.119 e. The average Bonchev–Trinajstić information content (AvgIpc) is 2.55. The molecule has 0 saturated heterocycles. The molecule has 0 aromatic heterocycles. The Morgan fingerprint density at radius 1 is 1.14 bits per heavy atom. The third-order valence-corrected chi connectivity index (χ3v) is 3.60. The minimum Gasteiger partial charge on any atom is -0.497 e. The molecule has 0 aliphatic carbocycles. The Balaban J connectivity index is 1.84. The van der Waals surface area contributed by atoms with Crippen LogP contribution in [-0.4, -0.2) is 32.9 Å². The van der Waals surface area contributed by atoms with Crippen LogP contribution in [0.2, 0.25) is 0 Å². The SMILES string of the molecule is COc1cccc(C(O)CNCc2ccc(N(C)C)cc2)c1. The minimum atomic E-state index is -0.545. The molecular weight excluding hydrogens is 276 g/mol. The molecule has 0 aliphatic heterocycles. The van der Waals surface area contributed by atoms with Crippen molar-refractivity contribution in [1.82, 2.24) is 5.32 Å². The fourth-order valence-electron chi connectivity index (χ4n) is 2.23. The van der Waals surface area contributed by atoms with Gasteiger partial charge in [0.25, 0.3) is 0 Å². The van der Waals surface area contributed by atoms with Crippen LogP contribution in [0.5, 0.6) is 5.75 Å². The topological polar surface area (TPSA) is 44.7 Å². The van der Waals surface area contributed by atoms with Crippen LogP contribution in [0.1, 0.15) is 17.2 Å². The van der Waals surface area contributed by atoms with Crippen molar-refractivity contribution < 1.29 is 9.84 Å². The van der Waals surface area contributed by atoms with Gasteiger partial charge >= 0.3 is 0 Å². The predicted octanol–water partition coefficient (Wildman–Crippen LogP) is 2.58. The van der Waals surface area contributed by atoms with Crippen LogP contribution in [0.4, 0.5) is 5.69 Å². The first kappa shape index (κ1) is 16.3. The van der Waals surface area contributed by atoms with E-state index < -0.39 is 6.10 Å². The summed E-state index contributed by atoms with van der Waals surface area (Å²) in [4.78, 5) is 2.07. The van der Waals surface area contributed by atoms with Gasteiger partial charge in [-0.05, 0) is 35.4 Å². The first-order valence-electron chi connectivity index (χ1n) is 7.39. The summed E-state index contributed by atoms with van der Waals surface area (Å²) in [5.41, 5.74) is 3.23. The Hall–Kier alpha value is -2.04. The number of hydrogen-bond donors (Lipinski definition) is 2. The van der Waals surface area contributed by atoms with Gasteiger partial charge in [-0.2, -0.15) is 0 Å². The maximum atomic E-state index is 10.2. The van der Waals surface area contributed by atoms with Gasteiger partial charge in [0, 0.05) is 32.9 Å². The quantitative estimate of drug-likeness (QED) is 0.825. The second kappa shape index (κ2) is 7.82. The predicted molar refractivity (Wildman–Crippen MR) is 90.4 cm³/mol. The van der Waals surface area contributed by atoms with Crippen molar-refractivity contribution >= 4 is 5.69 Å². The van der Waals surface area contributed by atoms with E-state index in [4.69, 9.17) is 4.74 Å². The Bertz CT molecular complexity index is 582. The number of nitrogens with one attached hydrogen (secondary N) is 1. The van der Waals surface area contributed by atoms with Crippen molar-refractivity contribution in [2.24, 2.45) is 0 Å². The molecule has 0 heterocycles. The molecule has 0 radical (unpaired) electrons. The monoisotopic (exact) mass is 300 g/mol. The Labute approximate surface area is 132 Å². The van der Waals surface area contributed by atoms with E-state index in [0.29, 0.717) is 6.54 Å². The van der Waals surface area contributed by atoms with Gasteiger partial charge in [0.05, 0.1) is 13.2 Å². The highest BCUT2D eigenvalue weighted by Gasteiger charge is 2.08. The number of aliphatic hydroxyl groups is 1. The number of hydrogen-bond acceptors (Lipinski definition) is 4. The molecule has 0 fully saturated rings. The van der Waals surface area contributed by atoms with Crippen LogP contribution >= 0.6 is 0 Å². The Morgan fingerprint density at radius 3 is 2.50 bits per heavy atom. The number of benzene rings is 2. The molecular formula is C18H24N2O2. The summed E-state index contributed by atoms with van der Waals surface area (Å²) in [7, 11) is 5.68. The van der Waals surface area contributed by atoms with E-state index in [1.807, 2.05) is 38.4 Å². The molecule has 0 spiro atoms. The lowest BCUT2D eigenvalue weighted by molar-refractivity contribution is 0.174. The zero-order chi connectivity index (χ0) is 15.9. The Morgan fingerprint density at radius 2 is 1.86 bits per heavy atom. The van der Waals surface area contributed by atoms with Gasteiger partial charge < -0.3 is 20.1 Å². The van der Waals surface area contributed by atoms with Gasteiger partial charge in [0.1, 0.15) is 5.75 Å². The van der Waals surface area contributed by atoms with E-state index in [1.54, 1.807) is 7.11 Å². The lowest BCUT2D eigenvalue weighted by atomic mass is 10.1. The van der Waals surface area contributed by atoms with Crippen molar-refractivity contribution in [3.05, 3.63) is 59.7 Å². The number of anilines is 1. The number of rotatable bonds is 7. The van der Waals surface area contributed by atoms with Gasteiger partial charge in [-0.25, -0.2) is 0 Å². The molecule has 0 bridgehead atoms. The second-order valence-electron chi connectivity index (χ2n) is 5.48. The number of ether oxygens (including phenoxy) is 1. The van der Waals surface area contributed by atoms with Gasteiger partial charge in [-0.3, -0.25) is 0 Å². The summed E-state index contributed by atoms with van der Waals surface area (Å²) in [5.74, 6) is 0.760. The van der Waals surface area contributed by atoms with Crippen molar-refractivity contribution in [2.45, 2.75) is 12.6 Å². The van der Waals surface area contributed by atoms with Crippen molar-refractivity contribution in [3.8, 4) is 5.75 Å².